The Morgan fingerprint density at radius 2 is 1.79 bits per heavy atom. The van der Waals surface area contributed by atoms with Crippen LogP contribution in [0.3, 0.4) is 0 Å². The molecule has 1 aromatic rings. The molecule has 0 aliphatic heterocycles. The van der Waals surface area contributed by atoms with E-state index in [9.17, 15) is 0 Å². The Morgan fingerprint density at radius 3 is 2.21 bits per heavy atom. The molecular weight excluding hydrogens is 208 g/mol. The molecule has 0 saturated heterocycles. The molecule has 0 radical (unpaired) electrons. The van der Waals surface area contributed by atoms with Crippen molar-refractivity contribution in [3.8, 4) is 0 Å². The lowest BCUT2D eigenvalue weighted by atomic mass is 10.1. The Hall–Kier alpha value is -0.340. The highest BCUT2D eigenvalue weighted by atomic mass is 32.2. The van der Waals surface area contributed by atoms with Crippen molar-refractivity contribution in [1.82, 2.24) is 0 Å². The predicted molar refractivity (Wildman–Crippen MR) is 70.7 cm³/mol. The van der Waals surface area contributed by atoms with Crippen LogP contribution < -0.4 is 0 Å². The lowest BCUT2D eigenvalue weighted by Crippen LogP contribution is -1.91. The molecule has 0 amide bonds. The largest absolute Gasteiger partial charge is 0.146 e. The molecule has 0 aromatic heterocycles. The third-order valence-corrected chi connectivity index (χ3v) is 3.77. The van der Waals surface area contributed by atoms with Gasteiger partial charge in [0.15, 0.2) is 0 Å². The molecule has 0 fully saturated rings. The zero-order valence-corrected chi connectivity index (χ0v) is 10.5. The summed E-state index contributed by atoms with van der Waals surface area (Å²) in [5.41, 5.74) is 1.26. The van der Waals surface area contributed by atoms with Gasteiger partial charge in [-0.3, -0.25) is 0 Å². The van der Waals surface area contributed by atoms with Crippen LogP contribution in [0.15, 0.2) is 35.2 Å². The molecule has 0 aliphatic rings. The summed E-state index contributed by atoms with van der Waals surface area (Å²) in [4.78, 5) is 2.45. The lowest BCUT2D eigenvalue weighted by molar-refractivity contribution is 0.822. The van der Waals surface area contributed by atoms with Gasteiger partial charge in [-0.1, -0.05) is 44.2 Å². The van der Waals surface area contributed by atoms with Crippen LogP contribution in [0.25, 0.3) is 4.91 Å². The van der Waals surface area contributed by atoms with Gasteiger partial charge in [0.05, 0.1) is 0 Å². The fraction of sp³-hybridized carbons (Fsp3) is 0.333. The molecule has 0 N–H and O–H groups in total. The van der Waals surface area contributed by atoms with Crippen LogP contribution in [0, 0.1) is 5.92 Å². The first kappa shape index (κ1) is 11.7. The Kier molecular flexibility index (Phi) is 4.63. The second-order valence-corrected chi connectivity index (χ2v) is 4.74. The smallest absolute Gasteiger partial charge is 0.0237 e. The van der Waals surface area contributed by atoms with Crippen molar-refractivity contribution in [3.63, 3.8) is 0 Å². The molecule has 1 rings (SSSR count). The average molecular weight is 224 g/mol. The summed E-state index contributed by atoms with van der Waals surface area (Å²) in [5.74, 6) is 0.487. The Balaban J connectivity index is 3.11. The van der Waals surface area contributed by atoms with Crippen molar-refractivity contribution in [2.75, 3.05) is 6.26 Å². The summed E-state index contributed by atoms with van der Waals surface area (Å²) in [7, 11) is 0. The second-order valence-electron chi connectivity index (χ2n) is 3.44. The van der Waals surface area contributed by atoms with Gasteiger partial charge in [-0.05, 0) is 22.6 Å². The van der Waals surface area contributed by atoms with Crippen LogP contribution in [0.1, 0.15) is 19.4 Å². The standard InChI is InChI=1S/C12H16S2/c1-9(2)11(13)12(14-3)10-7-5-4-6-8-10/h4-9,13H,1-3H3/b12-11-. The molecule has 0 saturated carbocycles. The van der Waals surface area contributed by atoms with Gasteiger partial charge < -0.3 is 0 Å². The highest BCUT2D eigenvalue weighted by Gasteiger charge is 2.07. The molecule has 0 unspecified atom stereocenters. The molecule has 0 atom stereocenters. The number of allylic oxidation sites excluding steroid dienone is 1. The molecule has 14 heavy (non-hydrogen) atoms. The van der Waals surface area contributed by atoms with Crippen molar-refractivity contribution in [2.24, 2.45) is 5.92 Å². The van der Waals surface area contributed by atoms with E-state index in [1.165, 1.54) is 15.4 Å². The lowest BCUT2D eigenvalue weighted by Gasteiger charge is -2.12. The van der Waals surface area contributed by atoms with Crippen LogP contribution in [-0.2, 0) is 0 Å². The normalized spacial score (nSPS) is 12.9. The van der Waals surface area contributed by atoms with E-state index in [0.717, 1.165) is 0 Å². The fourth-order valence-corrected chi connectivity index (χ4v) is 2.44. The number of rotatable bonds is 3. The van der Waals surface area contributed by atoms with E-state index in [0.29, 0.717) is 5.92 Å². The molecule has 0 spiro atoms. The van der Waals surface area contributed by atoms with Gasteiger partial charge >= 0.3 is 0 Å². The minimum absolute atomic E-state index is 0.487. The number of hydrogen-bond acceptors (Lipinski definition) is 2. The van der Waals surface area contributed by atoms with Crippen LogP contribution in [-0.4, -0.2) is 6.26 Å². The monoisotopic (exact) mass is 224 g/mol. The first-order chi connectivity index (χ1) is 6.66. The summed E-state index contributed by atoms with van der Waals surface area (Å²) in [6, 6.07) is 10.4. The SMILES string of the molecule is CS/C(=C(\S)C(C)C)c1ccccc1. The van der Waals surface area contributed by atoms with Crippen molar-refractivity contribution >= 4 is 29.3 Å². The van der Waals surface area contributed by atoms with E-state index in [1.807, 2.05) is 6.07 Å². The highest BCUT2D eigenvalue weighted by Crippen LogP contribution is 2.33. The maximum atomic E-state index is 4.57. The van der Waals surface area contributed by atoms with Crippen LogP contribution >= 0.6 is 24.4 Å². The predicted octanol–water partition coefficient (Wildman–Crippen LogP) is 4.30. The Bertz CT molecular complexity index is 312. The van der Waals surface area contributed by atoms with E-state index < -0.39 is 0 Å². The zero-order chi connectivity index (χ0) is 10.6. The quantitative estimate of drug-likeness (QED) is 0.747. The number of thiol groups is 1. The minimum Gasteiger partial charge on any atom is -0.146 e. The van der Waals surface area contributed by atoms with Gasteiger partial charge in [0.25, 0.3) is 0 Å². The average Bonchev–Trinajstić information content (AvgIpc) is 2.20. The molecule has 0 nitrogen and oxygen atoms in total. The topological polar surface area (TPSA) is 0 Å². The molecule has 0 heterocycles. The van der Waals surface area contributed by atoms with Gasteiger partial charge in [-0.2, -0.15) is 0 Å². The maximum Gasteiger partial charge on any atom is 0.0237 e. The van der Waals surface area contributed by atoms with Crippen LogP contribution in [0.5, 0.6) is 0 Å². The zero-order valence-electron chi connectivity index (χ0n) is 8.82. The third kappa shape index (κ3) is 2.82. The number of benzene rings is 1. The summed E-state index contributed by atoms with van der Waals surface area (Å²) in [6.07, 6.45) is 2.10. The maximum absolute atomic E-state index is 4.57. The van der Waals surface area contributed by atoms with E-state index in [1.54, 1.807) is 11.8 Å². The molecule has 76 valence electrons. The molecule has 2 heteroatoms. The van der Waals surface area contributed by atoms with Crippen molar-refractivity contribution in [2.45, 2.75) is 13.8 Å². The van der Waals surface area contributed by atoms with Gasteiger partial charge in [-0.25, -0.2) is 0 Å². The van der Waals surface area contributed by atoms with E-state index in [4.69, 9.17) is 0 Å². The number of hydrogen-bond donors (Lipinski definition) is 1. The number of thioether (sulfide) groups is 1. The molecule has 1 aromatic carbocycles. The van der Waals surface area contributed by atoms with Crippen molar-refractivity contribution in [1.29, 1.82) is 0 Å². The summed E-state index contributed by atoms with van der Waals surface area (Å²) in [5, 5.41) is 0. The highest BCUT2D eigenvalue weighted by molar-refractivity contribution is 8.08. The Morgan fingerprint density at radius 1 is 1.21 bits per heavy atom. The first-order valence-electron chi connectivity index (χ1n) is 4.69. The van der Waals surface area contributed by atoms with Crippen molar-refractivity contribution in [3.05, 3.63) is 40.8 Å². The molecule has 0 bridgehead atoms. The van der Waals surface area contributed by atoms with E-state index in [-0.39, 0.29) is 0 Å². The molecular formula is C12H16S2. The van der Waals surface area contributed by atoms with Gasteiger partial charge in [0, 0.05) is 4.91 Å². The Labute approximate surface area is 96.2 Å². The van der Waals surface area contributed by atoms with Gasteiger partial charge in [0.1, 0.15) is 0 Å². The van der Waals surface area contributed by atoms with E-state index in [2.05, 4.69) is 57.0 Å². The van der Waals surface area contributed by atoms with E-state index >= 15 is 0 Å². The first-order valence-corrected chi connectivity index (χ1v) is 6.36. The fourth-order valence-electron chi connectivity index (χ4n) is 1.22. The molecule has 0 aliphatic carbocycles. The van der Waals surface area contributed by atoms with Crippen LogP contribution in [0.4, 0.5) is 0 Å². The van der Waals surface area contributed by atoms with Crippen molar-refractivity contribution < 1.29 is 0 Å². The van der Waals surface area contributed by atoms with Gasteiger partial charge in [-0.15, -0.1) is 24.4 Å². The third-order valence-electron chi connectivity index (χ3n) is 2.02. The summed E-state index contributed by atoms with van der Waals surface area (Å²) >= 11 is 6.33. The minimum atomic E-state index is 0.487. The second kappa shape index (κ2) is 5.52. The summed E-state index contributed by atoms with van der Waals surface area (Å²) < 4.78 is 0. The van der Waals surface area contributed by atoms with Crippen LogP contribution in [0.2, 0.25) is 0 Å². The summed E-state index contributed by atoms with van der Waals surface area (Å²) in [6.45, 7) is 4.34. The van der Waals surface area contributed by atoms with Gasteiger partial charge in [0.2, 0.25) is 0 Å².